The Bertz CT molecular complexity index is 813. The van der Waals surface area contributed by atoms with Crippen LogP contribution in [0, 0.1) is 0 Å². The molecule has 1 aliphatic heterocycles. The number of aromatic nitrogens is 2. The number of benzene rings is 1. The number of hydrogen-bond donors (Lipinski definition) is 0. The quantitative estimate of drug-likeness (QED) is 0.792. The smallest absolute Gasteiger partial charge is 0.245 e. The van der Waals surface area contributed by atoms with Gasteiger partial charge in [-0.15, -0.1) is 0 Å². The fourth-order valence-electron chi connectivity index (χ4n) is 3.38. The summed E-state index contributed by atoms with van der Waals surface area (Å²) in [7, 11) is 5.82. The summed E-state index contributed by atoms with van der Waals surface area (Å²) in [5.41, 5.74) is 0.912. The van der Waals surface area contributed by atoms with E-state index in [1.807, 2.05) is 59.9 Å². The normalized spacial score (nSPS) is 16.8. The van der Waals surface area contributed by atoms with Crippen LogP contribution in [0.3, 0.4) is 0 Å². The number of likely N-dealkylation sites (N-methyl/N-ethyl adjacent to an activating group) is 1. The number of rotatable bonds is 6. The number of hydrogen-bond acceptors (Lipinski definition) is 5. The maximum Gasteiger partial charge on any atom is 0.245 e. The van der Waals surface area contributed by atoms with E-state index in [-0.39, 0.29) is 18.7 Å². The van der Waals surface area contributed by atoms with Crippen molar-refractivity contribution in [2.75, 3.05) is 20.9 Å². The van der Waals surface area contributed by atoms with Gasteiger partial charge in [-0.3, -0.25) is 9.69 Å². The van der Waals surface area contributed by atoms with Crippen LogP contribution < -0.4 is 9.47 Å². The van der Waals surface area contributed by atoms with Crippen molar-refractivity contribution in [3.8, 4) is 11.5 Å². The Balaban J connectivity index is 1.62. The monoisotopic (exact) mass is 356 g/mol. The topological polar surface area (TPSA) is 59.8 Å². The highest BCUT2D eigenvalue weighted by Gasteiger charge is 2.38. The molecule has 1 fully saturated rings. The summed E-state index contributed by atoms with van der Waals surface area (Å²) < 4.78 is 12.8. The van der Waals surface area contributed by atoms with Gasteiger partial charge in [0.15, 0.2) is 11.5 Å². The predicted octanol–water partition coefficient (Wildman–Crippen LogP) is 1.94. The zero-order valence-corrected chi connectivity index (χ0v) is 15.4. The molecular weight excluding hydrogens is 332 g/mol. The van der Waals surface area contributed by atoms with Crippen LogP contribution in [0.2, 0.25) is 0 Å². The van der Waals surface area contributed by atoms with Crippen LogP contribution in [0.15, 0.2) is 30.6 Å². The lowest BCUT2D eigenvalue weighted by Crippen LogP contribution is -2.41. The average molecular weight is 356 g/mol. The van der Waals surface area contributed by atoms with Crippen molar-refractivity contribution in [3.05, 3.63) is 42.0 Å². The zero-order valence-electron chi connectivity index (χ0n) is 15.4. The Hall–Kier alpha value is -2.54. The van der Waals surface area contributed by atoms with Crippen molar-refractivity contribution in [2.45, 2.75) is 31.5 Å². The number of ether oxygens (including phenoxy) is 2. The number of carbonyl (C=O) groups is 1. The lowest BCUT2D eigenvalue weighted by molar-refractivity contribution is -0.137. The molecule has 7 heteroatoms. The summed E-state index contributed by atoms with van der Waals surface area (Å²) in [5.74, 6) is 2.42. The number of imidazole rings is 1. The van der Waals surface area contributed by atoms with Gasteiger partial charge >= 0.3 is 0 Å². The summed E-state index contributed by atoms with van der Waals surface area (Å²) in [6, 6.07) is 5.67. The Morgan fingerprint density at radius 1 is 1.31 bits per heavy atom. The third-order valence-corrected chi connectivity index (χ3v) is 4.97. The molecule has 0 saturated heterocycles. The Labute approximate surface area is 153 Å². The number of carbonyl (C=O) groups excluding carboxylic acids is 1. The van der Waals surface area contributed by atoms with Crippen molar-refractivity contribution in [1.82, 2.24) is 19.4 Å². The fraction of sp³-hybridized carbons (Fsp3) is 0.474. The predicted molar refractivity (Wildman–Crippen MR) is 95.8 cm³/mol. The molecule has 26 heavy (non-hydrogen) atoms. The van der Waals surface area contributed by atoms with Crippen LogP contribution >= 0.6 is 0 Å². The summed E-state index contributed by atoms with van der Waals surface area (Å²) in [5, 5.41) is 0. The second kappa shape index (κ2) is 6.64. The van der Waals surface area contributed by atoms with Crippen molar-refractivity contribution in [3.63, 3.8) is 0 Å². The van der Waals surface area contributed by atoms with E-state index in [2.05, 4.69) is 4.98 Å². The molecule has 0 N–H and O–H groups in total. The van der Waals surface area contributed by atoms with E-state index in [0.29, 0.717) is 18.3 Å². The molecule has 4 rings (SSSR count). The van der Waals surface area contributed by atoms with E-state index in [0.717, 1.165) is 30.0 Å². The Kier molecular flexibility index (Phi) is 4.32. The molecular formula is C19H24N4O3. The van der Waals surface area contributed by atoms with Crippen LogP contribution in [0.1, 0.15) is 30.3 Å². The molecule has 0 radical (unpaired) electrons. The van der Waals surface area contributed by atoms with Crippen LogP contribution in [0.5, 0.6) is 11.5 Å². The van der Waals surface area contributed by atoms with Crippen molar-refractivity contribution in [1.29, 1.82) is 0 Å². The second-order valence-corrected chi connectivity index (χ2v) is 7.13. The zero-order chi connectivity index (χ0) is 18.3. The molecule has 1 aromatic heterocycles. The van der Waals surface area contributed by atoms with Crippen LogP contribution in [-0.4, -0.2) is 52.2 Å². The summed E-state index contributed by atoms with van der Waals surface area (Å²) in [6.07, 6.45) is 5.78. The van der Waals surface area contributed by atoms with Crippen LogP contribution in [-0.2, 0) is 18.4 Å². The molecule has 1 aliphatic carbocycles. The van der Waals surface area contributed by atoms with E-state index in [9.17, 15) is 4.79 Å². The highest BCUT2D eigenvalue weighted by Crippen LogP contribution is 2.37. The molecule has 1 amide bonds. The minimum absolute atomic E-state index is 0.0966. The van der Waals surface area contributed by atoms with Gasteiger partial charge in [-0.05, 0) is 44.6 Å². The maximum absolute atomic E-state index is 13.5. The Morgan fingerprint density at radius 2 is 2.08 bits per heavy atom. The van der Waals surface area contributed by atoms with E-state index in [1.165, 1.54) is 0 Å². The molecule has 0 bridgehead atoms. The minimum atomic E-state index is -0.370. The first kappa shape index (κ1) is 16.9. The van der Waals surface area contributed by atoms with Gasteiger partial charge in [0.05, 0.1) is 6.54 Å². The van der Waals surface area contributed by atoms with Gasteiger partial charge in [0, 0.05) is 25.5 Å². The molecule has 0 unspecified atom stereocenters. The number of amides is 1. The number of aryl methyl sites for hydroxylation is 1. The molecule has 2 aromatic rings. The molecule has 138 valence electrons. The standard InChI is InChI=1S/C19H24N4O3/c1-21(2)18(13-4-7-15-16(10-13)26-12-25-15)19(24)23(14-5-6-14)11-17-20-8-9-22(17)3/h4,7-10,14,18H,5-6,11-12H2,1-3H3/t18-/m1/s1. The van der Waals surface area contributed by atoms with E-state index >= 15 is 0 Å². The van der Waals surface area contributed by atoms with Gasteiger partial charge in [0.2, 0.25) is 12.7 Å². The highest BCUT2D eigenvalue weighted by atomic mass is 16.7. The highest BCUT2D eigenvalue weighted by molar-refractivity contribution is 5.84. The molecule has 2 aliphatic rings. The van der Waals surface area contributed by atoms with Crippen LogP contribution in [0.25, 0.3) is 0 Å². The van der Waals surface area contributed by atoms with E-state index < -0.39 is 0 Å². The summed E-state index contributed by atoms with van der Waals surface area (Å²) in [6.45, 7) is 0.759. The van der Waals surface area contributed by atoms with Gasteiger partial charge in [0.25, 0.3) is 0 Å². The Morgan fingerprint density at radius 3 is 2.73 bits per heavy atom. The van der Waals surface area contributed by atoms with E-state index in [4.69, 9.17) is 9.47 Å². The largest absolute Gasteiger partial charge is 0.454 e. The first-order chi connectivity index (χ1) is 12.5. The van der Waals surface area contributed by atoms with Crippen molar-refractivity contribution in [2.24, 2.45) is 7.05 Å². The third-order valence-electron chi connectivity index (χ3n) is 4.97. The molecule has 1 saturated carbocycles. The van der Waals surface area contributed by atoms with Gasteiger partial charge < -0.3 is 18.9 Å². The maximum atomic E-state index is 13.5. The van der Waals surface area contributed by atoms with Gasteiger partial charge in [-0.2, -0.15) is 0 Å². The third kappa shape index (κ3) is 3.14. The summed E-state index contributed by atoms with van der Waals surface area (Å²) in [4.78, 5) is 21.8. The van der Waals surface area contributed by atoms with Gasteiger partial charge in [-0.1, -0.05) is 6.07 Å². The van der Waals surface area contributed by atoms with Crippen molar-refractivity contribution < 1.29 is 14.3 Å². The van der Waals surface area contributed by atoms with Gasteiger partial charge in [0.1, 0.15) is 11.9 Å². The first-order valence-corrected chi connectivity index (χ1v) is 8.87. The molecule has 7 nitrogen and oxygen atoms in total. The first-order valence-electron chi connectivity index (χ1n) is 8.87. The van der Waals surface area contributed by atoms with Gasteiger partial charge in [-0.25, -0.2) is 4.98 Å². The second-order valence-electron chi connectivity index (χ2n) is 7.13. The minimum Gasteiger partial charge on any atom is -0.454 e. The molecule has 1 atom stereocenters. The molecule has 1 aromatic carbocycles. The van der Waals surface area contributed by atoms with Crippen molar-refractivity contribution >= 4 is 5.91 Å². The lowest BCUT2D eigenvalue weighted by Gasteiger charge is -2.31. The SMILES string of the molecule is CN(C)[C@@H](C(=O)N(Cc1nccn1C)C1CC1)c1ccc2c(c1)OCO2. The van der Waals surface area contributed by atoms with Crippen LogP contribution in [0.4, 0.5) is 0 Å². The summed E-state index contributed by atoms with van der Waals surface area (Å²) >= 11 is 0. The number of fused-ring (bicyclic) bond motifs is 1. The molecule has 0 spiro atoms. The average Bonchev–Trinajstić information content (AvgIpc) is 3.19. The fourth-order valence-corrected chi connectivity index (χ4v) is 3.38. The van der Waals surface area contributed by atoms with E-state index in [1.54, 1.807) is 6.20 Å². The molecule has 2 heterocycles. The lowest BCUT2D eigenvalue weighted by atomic mass is 10.0. The number of nitrogens with zero attached hydrogens (tertiary/aromatic N) is 4.